The molecule has 146 valence electrons. The molecule has 0 aromatic heterocycles. The van der Waals surface area contributed by atoms with Crippen molar-refractivity contribution in [2.75, 3.05) is 0 Å². The van der Waals surface area contributed by atoms with E-state index in [9.17, 15) is 4.79 Å². The Labute approximate surface area is 162 Å². The highest BCUT2D eigenvalue weighted by molar-refractivity contribution is 6.62. The molecule has 1 aromatic rings. The molecule has 0 bridgehead atoms. The number of carboxylic acids is 1. The zero-order valence-corrected chi connectivity index (χ0v) is 17.0. The monoisotopic (exact) mass is 370 g/mol. The van der Waals surface area contributed by atoms with Crippen LogP contribution in [0.25, 0.3) is 0 Å². The Morgan fingerprint density at radius 2 is 1.74 bits per heavy atom. The number of carbonyl (C=O) groups is 1. The fraction of sp³-hybridized carbons (Fsp3) is 0.682. The van der Waals surface area contributed by atoms with E-state index >= 15 is 0 Å². The van der Waals surface area contributed by atoms with Gasteiger partial charge in [-0.15, -0.1) is 0 Å². The van der Waals surface area contributed by atoms with Crippen LogP contribution in [0.5, 0.6) is 0 Å². The number of aryl methyl sites for hydroxylation is 1. The second-order valence-electron chi connectivity index (χ2n) is 9.83. The second-order valence-corrected chi connectivity index (χ2v) is 9.83. The van der Waals surface area contributed by atoms with Crippen LogP contribution in [0.3, 0.4) is 0 Å². The van der Waals surface area contributed by atoms with Crippen molar-refractivity contribution < 1.29 is 19.2 Å². The maximum atomic E-state index is 11.0. The topological polar surface area (TPSA) is 55.8 Å². The van der Waals surface area contributed by atoms with E-state index in [2.05, 4.69) is 45.9 Å². The minimum Gasteiger partial charge on any atom is -0.481 e. The van der Waals surface area contributed by atoms with Crippen LogP contribution in [0.15, 0.2) is 18.2 Å². The van der Waals surface area contributed by atoms with Gasteiger partial charge in [0.25, 0.3) is 0 Å². The van der Waals surface area contributed by atoms with Gasteiger partial charge in [-0.2, -0.15) is 0 Å². The molecule has 5 heteroatoms. The van der Waals surface area contributed by atoms with Crippen LogP contribution in [0.2, 0.25) is 0 Å². The number of fused-ring (bicyclic) bond motifs is 2. The molecule has 0 unspecified atom stereocenters. The smallest absolute Gasteiger partial charge is 0.481 e. The van der Waals surface area contributed by atoms with Crippen LogP contribution in [0, 0.1) is 5.92 Å². The molecule has 4 rings (SSSR count). The summed E-state index contributed by atoms with van der Waals surface area (Å²) in [6, 6.07) is 6.76. The van der Waals surface area contributed by atoms with Gasteiger partial charge in [0, 0.05) is 6.42 Å². The lowest BCUT2D eigenvalue weighted by molar-refractivity contribution is -0.138. The van der Waals surface area contributed by atoms with Gasteiger partial charge in [0.15, 0.2) is 0 Å². The summed E-state index contributed by atoms with van der Waals surface area (Å²) in [5, 5.41) is 9.06. The predicted octanol–water partition coefficient (Wildman–Crippen LogP) is 3.83. The largest absolute Gasteiger partial charge is 0.494 e. The van der Waals surface area contributed by atoms with Crippen molar-refractivity contribution in [3.63, 3.8) is 0 Å². The number of hydrogen-bond acceptors (Lipinski definition) is 3. The molecule has 3 aliphatic rings. The number of carboxylic acid groups (broad SMARTS) is 1. The van der Waals surface area contributed by atoms with Crippen molar-refractivity contribution in [3.05, 3.63) is 29.3 Å². The number of hydrogen-bond donors (Lipinski definition) is 1. The van der Waals surface area contributed by atoms with Crippen LogP contribution in [0.1, 0.15) is 77.3 Å². The fourth-order valence-corrected chi connectivity index (χ4v) is 5.17. The van der Waals surface area contributed by atoms with E-state index in [1.807, 2.05) is 0 Å². The van der Waals surface area contributed by atoms with Crippen LogP contribution < -0.4 is 5.46 Å². The molecule has 1 heterocycles. The number of aliphatic carboxylic acids is 1. The van der Waals surface area contributed by atoms with Gasteiger partial charge in [-0.1, -0.05) is 18.2 Å². The summed E-state index contributed by atoms with van der Waals surface area (Å²) in [5.41, 5.74) is 3.65. The highest BCUT2D eigenvalue weighted by Crippen LogP contribution is 2.50. The van der Waals surface area contributed by atoms with E-state index in [1.54, 1.807) is 0 Å². The van der Waals surface area contributed by atoms with Gasteiger partial charge in [0.1, 0.15) is 0 Å². The first-order chi connectivity index (χ1) is 12.6. The van der Waals surface area contributed by atoms with Gasteiger partial charge in [-0.05, 0) is 94.1 Å². The zero-order valence-electron chi connectivity index (χ0n) is 17.0. The summed E-state index contributed by atoms with van der Waals surface area (Å²) in [4.78, 5) is 11.0. The third-order valence-corrected chi connectivity index (χ3v) is 7.62. The molecule has 1 aliphatic heterocycles. The number of benzene rings is 1. The molecular weight excluding hydrogens is 339 g/mol. The summed E-state index contributed by atoms with van der Waals surface area (Å²) in [5.74, 6) is -0.309. The van der Waals surface area contributed by atoms with E-state index < -0.39 is 5.97 Å². The molecule has 1 saturated carbocycles. The highest BCUT2D eigenvalue weighted by atomic mass is 16.7. The highest BCUT2D eigenvalue weighted by Gasteiger charge is 2.52. The standard InChI is InChI=1S/C22H31BO4/c1-20(2)21(3,4)27-23(26-20)17-5-6-18-16(14-17)9-12-22(18)10-7-15(8-11-22)13-19(24)25/h5-6,14-15H,7-13H2,1-4H3,(H,24,25)/t15-,22-. The average Bonchev–Trinajstić information content (AvgIpc) is 3.04. The predicted molar refractivity (Wildman–Crippen MR) is 106 cm³/mol. The molecule has 1 aromatic carbocycles. The Bertz CT molecular complexity index is 731. The lowest BCUT2D eigenvalue weighted by Crippen LogP contribution is -2.41. The van der Waals surface area contributed by atoms with Crippen molar-refractivity contribution in [3.8, 4) is 0 Å². The van der Waals surface area contributed by atoms with Crippen LogP contribution in [0.4, 0.5) is 0 Å². The minimum absolute atomic E-state index is 0.263. The lowest BCUT2D eigenvalue weighted by Gasteiger charge is -2.38. The van der Waals surface area contributed by atoms with Crippen LogP contribution in [-0.2, 0) is 25.9 Å². The first-order valence-corrected chi connectivity index (χ1v) is 10.3. The van der Waals surface area contributed by atoms with Gasteiger partial charge in [-0.25, -0.2) is 0 Å². The molecule has 1 spiro atoms. The van der Waals surface area contributed by atoms with Crippen molar-refractivity contribution in [2.45, 2.75) is 89.3 Å². The summed E-state index contributed by atoms with van der Waals surface area (Å²) < 4.78 is 12.4. The van der Waals surface area contributed by atoms with Crippen molar-refractivity contribution in [1.82, 2.24) is 0 Å². The third-order valence-electron chi connectivity index (χ3n) is 7.62. The first kappa shape index (κ1) is 19.0. The normalized spacial score (nSPS) is 31.3. The molecule has 2 aliphatic carbocycles. The fourth-order valence-electron chi connectivity index (χ4n) is 5.17. The summed E-state index contributed by atoms with van der Waals surface area (Å²) >= 11 is 0. The summed E-state index contributed by atoms with van der Waals surface area (Å²) in [6.07, 6.45) is 6.92. The Morgan fingerprint density at radius 1 is 1.11 bits per heavy atom. The van der Waals surface area contributed by atoms with E-state index in [4.69, 9.17) is 14.4 Å². The van der Waals surface area contributed by atoms with Gasteiger partial charge in [-0.3, -0.25) is 4.79 Å². The Kier molecular flexibility index (Phi) is 4.47. The van der Waals surface area contributed by atoms with Crippen molar-refractivity contribution >= 4 is 18.6 Å². The molecule has 4 nitrogen and oxygen atoms in total. The molecule has 2 fully saturated rings. The van der Waals surface area contributed by atoms with Crippen molar-refractivity contribution in [1.29, 1.82) is 0 Å². The van der Waals surface area contributed by atoms with Gasteiger partial charge in [0.2, 0.25) is 0 Å². The van der Waals surface area contributed by atoms with Gasteiger partial charge >= 0.3 is 13.1 Å². The van der Waals surface area contributed by atoms with E-state index in [0.717, 1.165) is 37.6 Å². The minimum atomic E-state index is -0.658. The maximum absolute atomic E-state index is 11.0. The Morgan fingerprint density at radius 3 is 2.33 bits per heavy atom. The maximum Gasteiger partial charge on any atom is 0.494 e. The SMILES string of the molecule is CC1(C)OB(c2ccc3c(c2)CC[C@]32CC[C@@H](CC(=O)O)CC2)OC1(C)C. The first-order valence-electron chi connectivity index (χ1n) is 10.3. The molecule has 1 N–H and O–H groups in total. The molecule has 0 atom stereocenters. The van der Waals surface area contributed by atoms with Gasteiger partial charge in [0.05, 0.1) is 11.2 Å². The Hall–Kier alpha value is -1.33. The van der Waals surface area contributed by atoms with Gasteiger partial charge < -0.3 is 14.4 Å². The summed E-state index contributed by atoms with van der Waals surface area (Å²) in [6.45, 7) is 8.35. The third kappa shape index (κ3) is 3.23. The zero-order chi connectivity index (χ0) is 19.4. The lowest BCUT2D eigenvalue weighted by atomic mass is 9.66. The van der Waals surface area contributed by atoms with Crippen LogP contribution in [-0.4, -0.2) is 29.4 Å². The van der Waals surface area contributed by atoms with E-state index in [0.29, 0.717) is 12.3 Å². The molecular formula is C22H31BO4. The van der Waals surface area contributed by atoms with E-state index in [1.165, 1.54) is 17.5 Å². The summed E-state index contributed by atoms with van der Waals surface area (Å²) in [7, 11) is -0.303. The molecule has 0 amide bonds. The quantitative estimate of drug-likeness (QED) is 0.822. The second kappa shape index (κ2) is 6.35. The van der Waals surface area contributed by atoms with E-state index in [-0.39, 0.29) is 23.7 Å². The number of rotatable bonds is 3. The molecule has 27 heavy (non-hydrogen) atoms. The molecule has 0 radical (unpaired) electrons. The van der Waals surface area contributed by atoms with Crippen molar-refractivity contribution in [2.24, 2.45) is 5.92 Å². The Balaban J connectivity index is 1.52. The average molecular weight is 370 g/mol. The van der Waals surface area contributed by atoms with Crippen LogP contribution >= 0.6 is 0 Å². The molecule has 1 saturated heterocycles.